The Morgan fingerprint density at radius 3 is 2.27 bits per heavy atom. The Kier molecular flexibility index (Phi) is 4.84. The molecule has 0 aromatic heterocycles. The number of benzene rings is 1. The van der Waals surface area contributed by atoms with Crippen molar-refractivity contribution in [3.05, 3.63) is 35.4 Å². The van der Waals surface area contributed by atoms with E-state index in [0.29, 0.717) is 13.0 Å². The second-order valence-electron chi connectivity index (χ2n) is 3.33. The van der Waals surface area contributed by atoms with Crippen molar-refractivity contribution in [1.29, 1.82) is 0 Å². The summed E-state index contributed by atoms with van der Waals surface area (Å²) in [6.45, 7) is 0.622. The highest BCUT2D eigenvalue weighted by molar-refractivity contribution is 5.69. The first-order valence-electron chi connectivity index (χ1n) is 4.90. The van der Waals surface area contributed by atoms with Gasteiger partial charge in [-0.05, 0) is 17.5 Å². The van der Waals surface area contributed by atoms with E-state index in [9.17, 15) is 4.79 Å². The molecular formula is C12H16O3. The van der Waals surface area contributed by atoms with Gasteiger partial charge in [0.25, 0.3) is 0 Å². The second-order valence-corrected chi connectivity index (χ2v) is 3.33. The Labute approximate surface area is 90.0 Å². The lowest BCUT2D eigenvalue weighted by Gasteiger charge is -2.03. The van der Waals surface area contributed by atoms with E-state index in [-0.39, 0.29) is 5.97 Å². The monoisotopic (exact) mass is 208 g/mol. The minimum absolute atomic E-state index is 0.170. The fourth-order valence-corrected chi connectivity index (χ4v) is 1.32. The van der Waals surface area contributed by atoms with Crippen LogP contribution in [0.1, 0.15) is 17.5 Å². The molecule has 0 N–H and O–H groups in total. The standard InChI is InChI=1S/C12H16O3/c1-14-9-11-5-3-10(4-6-11)7-8-12(13)15-2/h3-6H,7-9H2,1-2H3. The molecule has 0 radical (unpaired) electrons. The molecule has 0 unspecified atom stereocenters. The number of carbonyl (C=O) groups is 1. The van der Waals surface area contributed by atoms with Gasteiger partial charge in [0, 0.05) is 13.5 Å². The summed E-state index contributed by atoms with van der Waals surface area (Å²) >= 11 is 0. The van der Waals surface area contributed by atoms with Crippen LogP contribution >= 0.6 is 0 Å². The molecule has 0 atom stereocenters. The lowest BCUT2D eigenvalue weighted by molar-refractivity contribution is -0.140. The largest absolute Gasteiger partial charge is 0.469 e. The van der Waals surface area contributed by atoms with E-state index in [2.05, 4.69) is 4.74 Å². The van der Waals surface area contributed by atoms with Crippen molar-refractivity contribution in [2.45, 2.75) is 19.4 Å². The summed E-state index contributed by atoms with van der Waals surface area (Å²) in [6.07, 6.45) is 1.15. The first-order valence-corrected chi connectivity index (χ1v) is 4.90. The van der Waals surface area contributed by atoms with Gasteiger partial charge in [-0.15, -0.1) is 0 Å². The number of ether oxygens (including phenoxy) is 2. The fraction of sp³-hybridized carbons (Fsp3) is 0.417. The molecule has 0 heterocycles. The predicted molar refractivity (Wildman–Crippen MR) is 57.5 cm³/mol. The zero-order chi connectivity index (χ0) is 11.1. The molecule has 0 saturated heterocycles. The summed E-state index contributed by atoms with van der Waals surface area (Å²) in [5, 5.41) is 0. The lowest BCUT2D eigenvalue weighted by Crippen LogP contribution is -2.01. The third-order valence-electron chi connectivity index (χ3n) is 2.18. The van der Waals surface area contributed by atoms with E-state index in [0.717, 1.165) is 17.5 Å². The van der Waals surface area contributed by atoms with Crippen molar-refractivity contribution in [3.63, 3.8) is 0 Å². The molecule has 15 heavy (non-hydrogen) atoms. The van der Waals surface area contributed by atoms with Crippen LogP contribution in [-0.2, 0) is 27.3 Å². The Morgan fingerprint density at radius 1 is 1.13 bits per heavy atom. The van der Waals surface area contributed by atoms with Crippen molar-refractivity contribution < 1.29 is 14.3 Å². The molecule has 82 valence electrons. The SMILES string of the molecule is COCc1ccc(CCC(=O)OC)cc1. The zero-order valence-electron chi connectivity index (χ0n) is 9.16. The summed E-state index contributed by atoms with van der Waals surface area (Å²) in [4.78, 5) is 10.9. The van der Waals surface area contributed by atoms with Gasteiger partial charge in [-0.2, -0.15) is 0 Å². The fourth-order valence-electron chi connectivity index (χ4n) is 1.32. The molecule has 3 heteroatoms. The van der Waals surface area contributed by atoms with Gasteiger partial charge >= 0.3 is 5.97 Å². The molecule has 0 amide bonds. The highest BCUT2D eigenvalue weighted by Crippen LogP contribution is 2.07. The van der Waals surface area contributed by atoms with Crippen molar-refractivity contribution in [2.24, 2.45) is 0 Å². The molecular weight excluding hydrogens is 192 g/mol. The molecule has 0 saturated carbocycles. The van der Waals surface area contributed by atoms with Crippen LogP contribution in [0.15, 0.2) is 24.3 Å². The minimum atomic E-state index is -0.170. The maximum atomic E-state index is 10.9. The number of carbonyl (C=O) groups excluding carboxylic acids is 1. The number of esters is 1. The molecule has 0 fully saturated rings. The summed E-state index contributed by atoms with van der Waals surface area (Å²) in [5.74, 6) is -0.170. The quantitative estimate of drug-likeness (QED) is 0.694. The molecule has 3 nitrogen and oxygen atoms in total. The van der Waals surface area contributed by atoms with Gasteiger partial charge in [0.2, 0.25) is 0 Å². The van der Waals surface area contributed by atoms with Crippen LogP contribution in [-0.4, -0.2) is 20.2 Å². The first kappa shape index (κ1) is 11.7. The van der Waals surface area contributed by atoms with E-state index < -0.39 is 0 Å². The van der Waals surface area contributed by atoms with E-state index in [4.69, 9.17) is 4.74 Å². The molecule has 0 spiro atoms. The maximum Gasteiger partial charge on any atom is 0.305 e. The second kappa shape index (κ2) is 6.19. The van der Waals surface area contributed by atoms with Crippen LogP contribution in [0.25, 0.3) is 0 Å². The van der Waals surface area contributed by atoms with Gasteiger partial charge in [-0.25, -0.2) is 0 Å². The highest BCUT2D eigenvalue weighted by atomic mass is 16.5. The van der Waals surface area contributed by atoms with E-state index >= 15 is 0 Å². The lowest BCUT2D eigenvalue weighted by atomic mass is 10.1. The predicted octanol–water partition coefficient (Wildman–Crippen LogP) is 1.94. The van der Waals surface area contributed by atoms with Crippen LogP contribution in [0.2, 0.25) is 0 Å². The molecule has 1 aromatic rings. The van der Waals surface area contributed by atoms with Gasteiger partial charge in [-0.1, -0.05) is 24.3 Å². The smallest absolute Gasteiger partial charge is 0.305 e. The van der Waals surface area contributed by atoms with Gasteiger partial charge in [0.15, 0.2) is 0 Å². The van der Waals surface area contributed by atoms with Gasteiger partial charge in [0.1, 0.15) is 0 Å². The number of aryl methyl sites for hydroxylation is 1. The Balaban J connectivity index is 2.45. The molecule has 0 aliphatic rings. The summed E-state index contributed by atoms with van der Waals surface area (Å²) in [6, 6.07) is 8.04. The molecule has 1 aromatic carbocycles. The van der Waals surface area contributed by atoms with Crippen molar-refractivity contribution in [1.82, 2.24) is 0 Å². The van der Waals surface area contributed by atoms with Crippen LogP contribution < -0.4 is 0 Å². The number of methoxy groups -OCH3 is 2. The highest BCUT2D eigenvalue weighted by Gasteiger charge is 2.01. The average molecular weight is 208 g/mol. The third-order valence-corrected chi connectivity index (χ3v) is 2.18. The number of hydrogen-bond acceptors (Lipinski definition) is 3. The maximum absolute atomic E-state index is 10.9. The summed E-state index contributed by atoms with van der Waals surface area (Å²) in [7, 11) is 3.08. The third kappa shape index (κ3) is 4.13. The summed E-state index contributed by atoms with van der Waals surface area (Å²) < 4.78 is 9.58. The number of hydrogen-bond donors (Lipinski definition) is 0. The molecule has 0 bridgehead atoms. The molecule has 1 rings (SSSR count). The Bertz CT molecular complexity index is 303. The normalized spacial score (nSPS) is 10.0. The van der Waals surface area contributed by atoms with E-state index in [1.807, 2.05) is 24.3 Å². The first-order chi connectivity index (χ1) is 7.26. The van der Waals surface area contributed by atoms with E-state index in [1.54, 1.807) is 7.11 Å². The van der Waals surface area contributed by atoms with Crippen LogP contribution in [0.4, 0.5) is 0 Å². The Morgan fingerprint density at radius 2 is 1.73 bits per heavy atom. The molecule has 0 aliphatic carbocycles. The van der Waals surface area contributed by atoms with Crippen molar-refractivity contribution >= 4 is 5.97 Å². The average Bonchev–Trinajstić information content (AvgIpc) is 2.28. The minimum Gasteiger partial charge on any atom is -0.469 e. The van der Waals surface area contributed by atoms with Crippen molar-refractivity contribution in [2.75, 3.05) is 14.2 Å². The van der Waals surface area contributed by atoms with Crippen LogP contribution in [0.5, 0.6) is 0 Å². The topological polar surface area (TPSA) is 35.5 Å². The number of rotatable bonds is 5. The van der Waals surface area contributed by atoms with Gasteiger partial charge < -0.3 is 9.47 Å². The van der Waals surface area contributed by atoms with Crippen LogP contribution in [0.3, 0.4) is 0 Å². The van der Waals surface area contributed by atoms with Crippen molar-refractivity contribution in [3.8, 4) is 0 Å². The van der Waals surface area contributed by atoms with E-state index in [1.165, 1.54) is 7.11 Å². The Hall–Kier alpha value is -1.35. The molecule has 0 aliphatic heterocycles. The zero-order valence-corrected chi connectivity index (χ0v) is 9.16. The van der Waals surface area contributed by atoms with Gasteiger partial charge in [0.05, 0.1) is 13.7 Å². The van der Waals surface area contributed by atoms with Gasteiger partial charge in [-0.3, -0.25) is 4.79 Å². The van der Waals surface area contributed by atoms with Crippen LogP contribution in [0, 0.1) is 0 Å². The summed E-state index contributed by atoms with van der Waals surface area (Å²) in [5.41, 5.74) is 2.28.